The second-order valence-corrected chi connectivity index (χ2v) is 5.09. The van der Waals surface area contributed by atoms with Crippen LogP contribution < -0.4 is 10.6 Å². The quantitative estimate of drug-likeness (QED) is 0.831. The predicted octanol–water partition coefficient (Wildman–Crippen LogP) is 1.73. The molecule has 0 bridgehead atoms. The van der Waals surface area contributed by atoms with E-state index in [1.165, 1.54) is 19.4 Å². The smallest absolute Gasteiger partial charge is 0.269 e. The van der Waals surface area contributed by atoms with Crippen molar-refractivity contribution in [3.63, 3.8) is 0 Å². The largest absolute Gasteiger partial charge is 0.383 e. The number of pyridine rings is 1. The van der Waals surface area contributed by atoms with Crippen molar-refractivity contribution in [2.45, 2.75) is 32.7 Å². The number of hydrogen-bond donors (Lipinski definition) is 2. The molecule has 0 aromatic carbocycles. The number of carbonyl (C=O) groups is 1. The lowest BCUT2D eigenvalue weighted by Crippen LogP contribution is -2.34. The molecule has 5 nitrogen and oxygen atoms in total. The van der Waals surface area contributed by atoms with Crippen molar-refractivity contribution >= 4 is 11.6 Å². The first-order valence-corrected chi connectivity index (χ1v) is 7.46. The van der Waals surface area contributed by atoms with E-state index in [0.717, 1.165) is 18.8 Å². The van der Waals surface area contributed by atoms with Gasteiger partial charge in [-0.25, -0.2) is 0 Å². The Balaban J connectivity index is 1.93. The summed E-state index contributed by atoms with van der Waals surface area (Å²) in [4.78, 5) is 18.4. The van der Waals surface area contributed by atoms with Gasteiger partial charge in [0.2, 0.25) is 0 Å². The summed E-state index contributed by atoms with van der Waals surface area (Å²) in [5.74, 6) is -0.118. The summed E-state index contributed by atoms with van der Waals surface area (Å²) < 4.78 is 0. The fraction of sp³-hybridized carbons (Fsp3) is 0.600. The number of nitrogens with one attached hydrogen (secondary N) is 2. The predicted molar refractivity (Wildman–Crippen MR) is 81.0 cm³/mol. The maximum absolute atomic E-state index is 11.7. The van der Waals surface area contributed by atoms with Crippen molar-refractivity contribution in [3.05, 3.63) is 24.0 Å². The summed E-state index contributed by atoms with van der Waals surface area (Å²) in [6, 6.07) is 4.32. The van der Waals surface area contributed by atoms with E-state index >= 15 is 0 Å². The zero-order valence-corrected chi connectivity index (χ0v) is 12.4. The van der Waals surface area contributed by atoms with Crippen LogP contribution in [0.4, 0.5) is 5.69 Å². The van der Waals surface area contributed by atoms with Gasteiger partial charge in [0.25, 0.3) is 5.91 Å². The van der Waals surface area contributed by atoms with Crippen LogP contribution in [0.25, 0.3) is 0 Å². The fourth-order valence-electron chi connectivity index (χ4n) is 2.69. The van der Waals surface area contributed by atoms with Crippen molar-refractivity contribution in [1.29, 1.82) is 0 Å². The number of anilines is 1. The van der Waals surface area contributed by atoms with Crippen molar-refractivity contribution in [3.8, 4) is 0 Å². The molecule has 110 valence electrons. The van der Waals surface area contributed by atoms with Crippen LogP contribution in [0.3, 0.4) is 0 Å². The van der Waals surface area contributed by atoms with Gasteiger partial charge in [0.1, 0.15) is 5.69 Å². The molecule has 2 heterocycles. The molecule has 1 saturated heterocycles. The van der Waals surface area contributed by atoms with Crippen LogP contribution in [-0.4, -0.2) is 48.0 Å². The first-order chi connectivity index (χ1) is 9.74. The van der Waals surface area contributed by atoms with Gasteiger partial charge in [0.15, 0.2) is 0 Å². The number of nitrogens with zero attached hydrogens (tertiary/aromatic N) is 2. The van der Waals surface area contributed by atoms with E-state index in [9.17, 15) is 4.79 Å². The topological polar surface area (TPSA) is 57.3 Å². The molecular weight excluding hydrogens is 252 g/mol. The van der Waals surface area contributed by atoms with Crippen LogP contribution in [0.1, 0.15) is 37.2 Å². The molecule has 1 aliphatic heterocycles. The van der Waals surface area contributed by atoms with E-state index in [4.69, 9.17) is 0 Å². The highest BCUT2D eigenvalue weighted by Crippen LogP contribution is 2.17. The average Bonchev–Trinajstić information content (AvgIpc) is 2.93. The number of rotatable bonds is 6. The molecular formula is C15H24N4O. The summed E-state index contributed by atoms with van der Waals surface area (Å²) in [5, 5.41) is 6.19. The second kappa shape index (κ2) is 7.24. The zero-order valence-electron chi connectivity index (χ0n) is 12.4. The highest BCUT2D eigenvalue weighted by Gasteiger charge is 2.22. The minimum absolute atomic E-state index is 0.118. The van der Waals surface area contributed by atoms with E-state index in [-0.39, 0.29) is 5.91 Å². The minimum atomic E-state index is -0.118. The van der Waals surface area contributed by atoms with Crippen LogP contribution in [-0.2, 0) is 0 Å². The summed E-state index contributed by atoms with van der Waals surface area (Å²) in [5.41, 5.74) is 1.43. The molecule has 2 rings (SSSR count). The first-order valence-electron chi connectivity index (χ1n) is 7.46. The Morgan fingerprint density at radius 2 is 2.35 bits per heavy atom. The van der Waals surface area contributed by atoms with Gasteiger partial charge in [-0.2, -0.15) is 0 Å². The minimum Gasteiger partial charge on any atom is -0.383 e. The molecule has 0 spiro atoms. The summed E-state index contributed by atoms with van der Waals surface area (Å²) >= 11 is 0. The lowest BCUT2D eigenvalue weighted by Gasteiger charge is -2.23. The number of carbonyl (C=O) groups excluding carboxylic acids is 1. The van der Waals surface area contributed by atoms with Crippen LogP contribution in [0.5, 0.6) is 0 Å². The molecule has 0 radical (unpaired) electrons. The molecule has 0 saturated carbocycles. The third-order valence-corrected chi connectivity index (χ3v) is 3.78. The Labute approximate surface area is 120 Å². The van der Waals surface area contributed by atoms with E-state index in [2.05, 4.69) is 27.4 Å². The van der Waals surface area contributed by atoms with Gasteiger partial charge in [-0.1, -0.05) is 6.92 Å². The maximum Gasteiger partial charge on any atom is 0.269 e. The highest BCUT2D eigenvalue weighted by atomic mass is 16.1. The van der Waals surface area contributed by atoms with Crippen molar-refractivity contribution in [2.75, 3.05) is 31.5 Å². The van der Waals surface area contributed by atoms with E-state index in [1.54, 1.807) is 6.20 Å². The van der Waals surface area contributed by atoms with Crippen LogP contribution in [0.15, 0.2) is 18.3 Å². The molecule has 20 heavy (non-hydrogen) atoms. The van der Waals surface area contributed by atoms with Gasteiger partial charge in [0.05, 0.1) is 0 Å². The molecule has 1 unspecified atom stereocenters. The third-order valence-electron chi connectivity index (χ3n) is 3.78. The van der Waals surface area contributed by atoms with Gasteiger partial charge in [-0.3, -0.25) is 14.7 Å². The lowest BCUT2D eigenvalue weighted by molar-refractivity contribution is 0.0951. The van der Waals surface area contributed by atoms with Gasteiger partial charge in [-0.05, 0) is 45.0 Å². The standard InChI is InChI=1S/C15H24N4O/c1-3-16-15(20)14-10-12(7-8-17-14)18-11-13-6-5-9-19(13)4-2/h7-8,10,13H,3-6,9,11H2,1-2H3,(H,16,20)(H,17,18). The van der Waals surface area contributed by atoms with Crippen LogP contribution in [0.2, 0.25) is 0 Å². The molecule has 1 aliphatic rings. The van der Waals surface area contributed by atoms with Crippen LogP contribution in [0, 0.1) is 0 Å². The maximum atomic E-state index is 11.7. The zero-order chi connectivity index (χ0) is 14.4. The second-order valence-electron chi connectivity index (χ2n) is 5.09. The molecule has 1 fully saturated rings. The van der Waals surface area contributed by atoms with E-state index < -0.39 is 0 Å². The Morgan fingerprint density at radius 3 is 3.10 bits per heavy atom. The normalized spacial score (nSPS) is 19.0. The van der Waals surface area contributed by atoms with Crippen molar-refractivity contribution in [2.24, 2.45) is 0 Å². The summed E-state index contributed by atoms with van der Waals surface area (Å²) in [7, 11) is 0. The number of aromatic nitrogens is 1. The van der Waals surface area contributed by atoms with Crippen LogP contribution >= 0.6 is 0 Å². The molecule has 1 aromatic rings. The van der Waals surface area contributed by atoms with Gasteiger partial charge >= 0.3 is 0 Å². The van der Waals surface area contributed by atoms with Crippen molar-refractivity contribution in [1.82, 2.24) is 15.2 Å². The highest BCUT2D eigenvalue weighted by molar-refractivity contribution is 5.93. The average molecular weight is 276 g/mol. The monoisotopic (exact) mass is 276 g/mol. The summed E-state index contributed by atoms with van der Waals surface area (Å²) in [6.45, 7) is 7.95. The molecule has 0 aliphatic carbocycles. The Morgan fingerprint density at radius 1 is 1.50 bits per heavy atom. The molecule has 1 amide bonds. The van der Waals surface area contributed by atoms with Crippen molar-refractivity contribution < 1.29 is 4.79 Å². The number of hydrogen-bond acceptors (Lipinski definition) is 4. The number of likely N-dealkylation sites (N-methyl/N-ethyl adjacent to an activating group) is 1. The molecule has 1 atom stereocenters. The Kier molecular flexibility index (Phi) is 5.35. The number of likely N-dealkylation sites (tertiary alicyclic amines) is 1. The van der Waals surface area contributed by atoms with E-state index in [1.807, 2.05) is 19.1 Å². The van der Waals surface area contributed by atoms with Gasteiger partial charge in [-0.15, -0.1) is 0 Å². The fourth-order valence-corrected chi connectivity index (χ4v) is 2.69. The third kappa shape index (κ3) is 3.70. The molecule has 5 heteroatoms. The summed E-state index contributed by atoms with van der Waals surface area (Å²) in [6.07, 6.45) is 4.20. The molecule has 2 N–H and O–H groups in total. The first kappa shape index (κ1) is 14.8. The van der Waals surface area contributed by atoms with E-state index in [0.29, 0.717) is 18.3 Å². The Bertz CT molecular complexity index is 449. The SMILES string of the molecule is CCNC(=O)c1cc(NCC2CCCN2CC)ccn1. The van der Waals surface area contributed by atoms with Gasteiger partial charge in [0, 0.05) is 31.0 Å². The Hall–Kier alpha value is -1.62. The number of amides is 1. The lowest BCUT2D eigenvalue weighted by atomic mass is 10.2. The van der Waals surface area contributed by atoms with Gasteiger partial charge < -0.3 is 10.6 Å². The molecule has 1 aromatic heterocycles.